The van der Waals surface area contributed by atoms with Crippen molar-refractivity contribution >= 4 is 16.0 Å². The molecule has 8 nitrogen and oxygen atoms in total. The molecular formula is C14H21N5O3S. The summed E-state index contributed by atoms with van der Waals surface area (Å²) in [6, 6.07) is 0. The second kappa shape index (κ2) is 5.63. The number of hydrogen-bond donors (Lipinski definition) is 1. The summed E-state index contributed by atoms with van der Waals surface area (Å²) in [6.45, 7) is 8.21. The van der Waals surface area contributed by atoms with Gasteiger partial charge in [0, 0.05) is 12.5 Å². The summed E-state index contributed by atoms with van der Waals surface area (Å²) in [6.07, 6.45) is 2.02. The molecule has 3 rings (SSSR count). The van der Waals surface area contributed by atoms with Crippen molar-refractivity contribution in [2.24, 2.45) is 5.92 Å². The number of anilines is 1. The van der Waals surface area contributed by atoms with E-state index in [0.29, 0.717) is 29.7 Å². The smallest absolute Gasteiger partial charge is 0.277 e. The van der Waals surface area contributed by atoms with Gasteiger partial charge in [-0.15, -0.1) is 0 Å². The molecule has 2 aromatic rings. The fraction of sp³-hybridized carbons (Fsp3) is 0.643. The van der Waals surface area contributed by atoms with Gasteiger partial charge < -0.3 is 4.52 Å². The number of aromatic nitrogens is 4. The number of aryl methyl sites for hydroxylation is 1. The molecule has 0 unspecified atom stereocenters. The minimum absolute atomic E-state index is 0.0256. The third kappa shape index (κ3) is 3.24. The van der Waals surface area contributed by atoms with Crippen molar-refractivity contribution in [3.63, 3.8) is 0 Å². The van der Waals surface area contributed by atoms with E-state index in [4.69, 9.17) is 4.52 Å². The van der Waals surface area contributed by atoms with Crippen LogP contribution in [0.4, 0.5) is 5.95 Å². The van der Waals surface area contributed by atoms with Crippen molar-refractivity contribution in [3.05, 3.63) is 17.3 Å². The molecule has 2 aromatic heterocycles. The lowest BCUT2D eigenvalue weighted by molar-refractivity contribution is 0.380. The molecule has 23 heavy (non-hydrogen) atoms. The van der Waals surface area contributed by atoms with E-state index in [1.807, 2.05) is 0 Å². The van der Waals surface area contributed by atoms with Crippen LogP contribution in [0.25, 0.3) is 0 Å². The van der Waals surface area contributed by atoms with Crippen LogP contribution in [0.1, 0.15) is 49.9 Å². The first-order valence-electron chi connectivity index (χ1n) is 7.68. The highest BCUT2D eigenvalue weighted by Gasteiger charge is 2.31. The Balaban J connectivity index is 1.87. The molecule has 1 fully saturated rings. The molecule has 0 amide bonds. The molecule has 0 spiro atoms. The first-order chi connectivity index (χ1) is 10.8. The van der Waals surface area contributed by atoms with Gasteiger partial charge in [-0.05, 0) is 37.8 Å². The van der Waals surface area contributed by atoms with Gasteiger partial charge in [-0.2, -0.15) is 10.1 Å². The molecule has 0 atom stereocenters. The van der Waals surface area contributed by atoms with Gasteiger partial charge in [0.2, 0.25) is 5.89 Å². The van der Waals surface area contributed by atoms with Crippen molar-refractivity contribution < 1.29 is 12.9 Å². The summed E-state index contributed by atoms with van der Waals surface area (Å²) in [5.74, 6) is 1.11. The van der Waals surface area contributed by atoms with E-state index in [-0.39, 0.29) is 16.8 Å². The predicted octanol–water partition coefficient (Wildman–Crippen LogP) is 2.22. The van der Waals surface area contributed by atoms with Gasteiger partial charge in [0.25, 0.3) is 16.0 Å². The number of sulfonamides is 1. The maximum absolute atomic E-state index is 12.7. The van der Waals surface area contributed by atoms with Gasteiger partial charge in [0.15, 0.2) is 0 Å². The van der Waals surface area contributed by atoms with Crippen molar-refractivity contribution in [1.82, 2.24) is 19.9 Å². The van der Waals surface area contributed by atoms with Gasteiger partial charge in [0.05, 0.1) is 11.4 Å². The molecule has 1 N–H and O–H groups in total. The average Bonchev–Trinajstić information content (AvgIpc) is 3.11. The first kappa shape index (κ1) is 16.0. The van der Waals surface area contributed by atoms with Crippen LogP contribution >= 0.6 is 0 Å². The maximum Gasteiger partial charge on any atom is 0.277 e. The number of nitrogens with one attached hydrogen (secondary N) is 1. The normalized spacial score (nSPS) is 15.3. The molecule has 0 aromatic carbocycles. The molecule has 1 aliphatic carbocycles. The van der Waals surface area contributed by atoms with E-state index in [9.17, 15) is 8.42 Å². The molecule has 9 heteroatoms. The molecule has 1 saturated carbocycles. The van der Waals surface area contributed by atoms with Crippen LogP contribution in [-0.4, -0.2) is 28.3 Å². The Labute approximate surface area is 135 Å². The third-order valence-corrected chi connectivity index (χ3v) is 5.30. The lowest BCUT2D eigenvalue weighted by Crippen LogP contribution is -2.16. The second-order valence-electron chi connectivity index (χ2n) is 6.41. The molecule has 2 heterocycles. The van der Waals surface area contributed by atoms with E-state index >= 15 is 0 Å². The average molecular weight is 339 g/mol. The lowest BCUT2D eigenvalue weighted by atomic mass is 10.2. The van der Waals surface area contributed by atoms with Crippen LogP contribution in [-0.2, 0) is 16.6 Å². The highest BCUT2D eigenvalue weighted by molar-refractivity contribution is 7.92. The molecular weight excluding hydrogens is 318 g/mol. The molecule has 0 aliphatic heterocycles. The van der Waals surface area contributed by atoms with Crippen LogP contribution in [0.5, 0.6) is 0 Å². The van der Waals surface area contributed by atoms with Crippen molar-refractivity contribution in [3.8, 4) is 0 Å². The van der Waals surface area contributed by atoms with Crippen LogP contribution in [0, 0.1) is 19.8 Å². The Bertz CT molecular complexity index is 818. The zero-order valence-electron chi connectivity index (χ0n) is 13.7. The standard InChI is InChI=1S/C14H21N5O3S/c1-8(2)7-19-10(4)12(9(3)16-19)23(20,21)18-14-15-13(22-17-14)11-5-6-11/h8,11H,5-7H2,1-4H3,(H,17,18). The lowest BCUT2D eigenvalue weighted by Gasteiger charge is -2.08. The Morgan fingerprint density at radius 3 is 2.65 bits per heavy atom. The summed E-state index contributed by atoms with van der Waals surface area (Å²) in [7, 11) is -3.80. The van der Waals surface area contributed by atoms with Crippen LogP contribution in [0.3, 0.4) is 0 Å². The van der Waals surface area contributed by atoms with E-state index in [1.54, 1.807) is 18.5 Å². The third-order valence-electron chi connectivity index (χ3n) is 3.72. The minimum atomic E-state index is -3.80. The molecule has 0 radical (unpaired) electrons. The summed E-state index contributed by atoms with van der Waals surface area (Å²) >= 11 is 0. The second-order valence-corrected chi connectivity index (χ2v) is 8.03. The summed E-state index contributed by atoms with van der Waals surface area (Å²) in [4.78, 5) is 4.28. The quantitative estimate of drug-likeness (QED) is 0.865. The van der Waals surface area contributed by atoms with Crippen LogP contribution in [0.15, 0.2) is 9.42 Å². The summed E-state index contributed by atoms with van der Waals surface area (Å²) in [5.41, 5.74) is 1.07. The van der Waals surface area contributed by atoms with E-state index in [1.165, 1.54) is 0 Å². The SMILES string of the molecule is Cc1nn(CC(C)C)c(C)c1S(=O)(=O)Nc1noc(C2CC2)n1. The van der Waals surface area contributed by atoms with Crippen LogP contribution < -0.4 is 4.72 Å². The zero-order chi connectivity index (χ0) is 16.8. The summed E-state index contributed by atoms with van der Waals surface area (Å²) < 4.78 is 34.5. The van der Waals surface area contributed by atoms with E-state index in [2.05, 4.69) is 33.8 Å². The topological polar surface area (TPSA) is 103 Å². The van der Waals surface area contributed by atoms with Gasteiger partial charge in [0.1, 0.15) is 4.90 Å². The van der Waals surface area contributed by atoms with Crippen molar-refractivity contribution in [2.75, 3.05) is 4.72 Å². The monoisotopic (exact) mass is 339 g/mol. The fourth-order valence-electron chi connectivity index (χ4n) is 2.54. The number of hydrogen-bond acceptors (Lipinski definition) is 6. The van der Waals surface area contributed by atoms with Crippen LogP contribution in [0.2, 0.25) is 0 Å². The first-order valence-corrected chi connectivity index (χ1v) is 9.16. The van der Waals surface area contributed by atoms with E-state index in [0.717, 1.165) is 12.8 Å². The minimum Gasteiger partial charge on any atom is -0.337 e. The van der Waals surface area contributed by atoms with Gasteiger partial charge in [-0.3, -0.25) is 4.68 Å². The van der Waals surface area contributed by atoms with Crippen molar-refractivity contribution in [2.45, 2.75) is 57.9 Å². The summed E-state index contributed by atoms with van der Waals surface area (Å²) in [5, 5.41) is 8.03. The Kier molecular flexibility index (Phi) is 3.91. The predicted molar refractivity (Wildman–Crippen MR) is 83.6 cm³/mol. The zero-order valence-corrected chi connectivity index (χ0v) is 14.5. The molecule has 0 saturated heterocycles. The Morgan fingerprint density at radius 2 is 2.04 bits per heavy atom. The highest BCUT2D eigenvalue weighted by atomic mass is 32.2. The largest absolute Gasteiger partial charge is 0.337 e. The Morgan fingerprint density at radius 1 is 1.35 bits per heavy atom. The molecule has 126 valence electrons. The maximum atomic E-state index is 12.7. The van der Waals surface area contributed by atoms with Gasteiger partial charge in [-0.1, -0.05) is 13.8 Å². The molecule has 1 aliphatic rings. The number of nitrogens with zero attached hydrogens (tertiary/aromatic N) is 4. The Hall–Kier alpha value is -1.90. The van der Waals surface area contributed by atoms with Gasteiger partial charge in [-0.25, -0.2) is 13.1 Å². The fourth-order valence-corrected chi connectivity index (χ4v) is 3.89. The molecule has 0 bridgehead atoms. The highest BCUT2D eigenvalue weighted by Crippen LogP contribution is 2.39. The van der Waals surface area contributed by atoms with Gasteiger partial charge >= 0.3 is 0 Å². The number of rotatable bonds is 6. The van der Waals surface area contributed by atoms with E-state index < -0.39 is 10.0 Å². The van der Waals surface area contributed by atoms with Crippen molar-refractivity contribution in [1.29, 1.82) is 0 Å².